The van der Waals surface area contributed by atoms with E-state index in [2.05, 4.69) is 51.3 Å². The van der Waals surface area contributed by atoms with Crippen molar-refractivity contribution in [1.29, 1.82) is 0 Å². The number of hydrogen-bond acceptors (Lipinski definition) is 3. The number of hydrogen-bond donors (Lipinski definition) is 1. The molecule has 0 bridgehead atoms. The van der Waals surface area contributed by atoms with Crippen LogP contribution in [0.15, 0.2) is 30.5 Å². The molecule has 5 heteroatoms. The highest BCUT2D eigenvalue weighted by Crippen LogP contribution is 2.14. The zero-order chi connectivity index (χ0) is 14.8. The van der Waals surface area contributed by atoms with Gasteiger partial charge in [0, 0.05) is 38.4 Å². The fraction of sp³-hybridized carbons (Fsp3) is 0.375. The highest BCUT2D eigenvalue weighted by molar-refractivity contribution is 5.75. The van der Waals surface area contributed by atoms with E-state index in [0.29, 0.717) is 0 Å². The quantitative estimate of drug-likeness (QED) is 0.730. The van der Waals surface area contributed by atoms with E-state index in [0.717, 1.165) is 36.7 Å². The molecule has 0 fully saturated rings. The van der Waals surface area contributed by atoms with Crippen LogP contribution in [0.5, 0.6) is 0 Å². The second-order valence-electron chi connectivity index (χ2n) is 5.39. The molecular formula is C16H21N5. The molecule has 0 saturated heterocycles. The number of para-hydroxylation sites is 2. The van der Waals surface area contributed by atoms with Crippen molar-refractivity contribution in [1.82, 2.24) is 24.6 Å². The summed E-state index contributed by atoms with van der Waals surface area (Å²) in [7, 11) is 1.96. The molecule has 1 N–H and O–H groups in total. The van der Waals surface area contributed by atoms with E-state index in [1.54, 1.807) is 0 Å². The number of fused-ring (bicyclic) bond motifs is 1. The third kappa shape index (κ3) is 2.83. The van der Waals surface area contributed by atoms with Crippen LogP contribution in [0.4, 0.5) is 0 Å². The minimum absolute atomic E-state index is 0.853. The van der Waals surface area contributed by atoms with Crippen LogP contribution in [0.1, 0.15) is 17.1 Å². The second kappa shape index (κ2) is 5.69. The molecule has 110 valence electrons. The molecule has 0 amide bonds. The van der Waals surface area contributed by atoms with Crippen LogP contribution in [0.3, 0.4) is 0 Å². The zero-order valence-corrected chi connectivity index (χ0v) is 12.8. The predicted molar refractivity (Wildman–Crippen MR) is 84.1 cm³/mol. The molecule has 0 aliphatic carbocycles. The van der Waals surface area contributed by atoms with Crippen molar-refractivity contribution in [3.05, 3.63) is 47.5 Å². The Morgan fingerprint density at radius 1 is 1.19 bits per heavy atom. The van der Waals surface area contributed by atoms with Gasteiger partial charge < -0.3 is 9.88 Å². The molecule has 5 nitrogen and oxygen atoms in total. The summed E-state index contributed by atoms with van der Waals surface area (Å²) < 4.78 is 4.12. The first-order chi connectivity index (χ1) is 10.1. The average Bonchev–Trinajstić information content (AvgIpc) is 2.94. The largest absolute Gasteiger partial charge is 0.327 e. The Morgan fingerprint density at radius 2 is 2.00 bits per heavy atom. The van der Waals surface area contributed by atoms with Crippen molar-refractivity contribution >= 4 is 11.0 Å². The maximum Gasteiger partial charge on any atom is 0.106 e. The molecule has 21 heavy (non-hydrogen) atoms. The molecule has 0 aliphatic rings. The van der Waals surface area contributed by atoms with Crippen LogP contribution < -0.4 is 5.32 Å². The normalized spacial score (nSPS) is 11.4. The van der Waals surface area contributed by atoms with Gasteiger partial charge in [0.15, 0.2) is 0 Å². The van der Waals surface area contributed by atoms with Gasteiger partial charge in [0.2, 0.25) is 0 Å². The number of aromatic nitrogens is 4. The summed E-state index contributed by atoms with van der Waals surface area (Å²) in [6.07, 6.45) is 2.07. The van der Waals surface area contributed by atoms with Gasteiger partial charge in [-0.05, 0) is 26.0 Å². The molecule has 0 saturated carbocycles. The lowest BCUT2D eigenvalue weighted by atomic mass is 10.2. The van der Waals surface area contributed by atoms with E-state index in [4.69, 9.17) is 0 Å². The van der Waals surface area contributed by atoms with E-state index in [1.165, 1.54) is 11.1 Å². The molecular weight excluding hydrogens is 262 g/mol. The Labute approximate surface area is 124 Å². The third-order valence-corrected chi connectivity index (χ3v) is 3.79. The molecule has 3 rings (SSSR count). The summed E-state index contributed by atoms with van der Waals surface area (Å²) in [5.74, 6) is 1.07. The van der Waals surface area contributed by atoms with Gasteiger partial charge in [-0.1, -0.05) is 12.1 Å². The number of rotatable bonds is 5. The lowest BCUT2D eigenvalue weighted by Gasteiger charge is -2.08. The number of aryl methyl sites for hydroxylation is 3. The number of benzene rings is 1. The second-order valence-corrected chi connectivity index (χ2v) is 5.39. The van der Waals surface area contributed by atoms with E-state index in [-0.39, 0.29) is 0 Å². The Hall–Kier alpha value is -2.14. The van der Waals surface area contributed by atoms with Crippen LogP contribution >= 0.6 is 0 Å². The fourth-order valence-corrected chi connectivity index (χ4v) is 2.71. The van der Waals surface area contributed by atoms with Crippen LogP contribution in [0.2, 0.25) is 0 Å². The van der Waals surface area contributed by atoms with Crippen molar-refractivity contribution in [2.45, 2.75) is 26.9 Å². The number of nitrogens with one attached hydrogen (secondary N) is 1. The highest BCUT2D eigenvalue weighted by atomic mass is 15.3. The minimum Gasteiger partial charge on any atom is -0.327 e. The molecule has 2 heterocycles. The van der Waals surface area contributed by atoms with Crippen LogP contribution in [-0.4, -0.2) is 25.9 Å². The van der Waals surface area contributed by atoms with E-state index in [9.17, 15) is 0 Å². The number of nitrogens with zero attached hydrogens (tertiary/aromatic N) is 4. The van der Waals surface area contributed by atoms with Crippen molar-refractivity contribution in [3.8, 4) is 0 Å². The molecule has 1 aromatic carbocycles. The topological polar surface area (TPSA) is 47.7 Å². The first kappa shape index (κ1) is 13.8. The number of imidazole rings is 1. The van der Waals surface area contributed by atoms with Gasteiger partial charge in [-0.15, -0.1) is 0 Å². The smallest absolute Gasteiger partial charge is 0.106 e. The van der Waals surface area contributed by atoms with Crippen LogP contribution in [0.25, 0.3) is 11.0 Å². The third-order valence-electron chi connectivity index (χ3n) is 3.79. The Morgan fingerprint density at radius 3 is 2.76 bits per heavy atom. The summed E-state index contributed by atoms with van der Waals surface area (Å²) in [6, 6.07) is 8.28. The van der Waals surface area contributed by atoms with Crippen LogP contribution in [-0.2, 0) is 20.1 Å². The maximum absolute atomic E-state index is 4.59. The van der Waals surface area contributed by atoms with Gasteiger partial charge in [0.25, 0.3) is 0 Å². The molecule has 2 aromatic heterocycles. The molecule has 0 unspecified atom stereocenters. The lowest BCUT2D eigenvalue weighted by Crippen LogP contribution is -2.20. The summed E-state index contributed by atoms with van der Waals surface area (Å²) in [5, 5.41) is 7.84. The minimum atomic E-state index is 0.853. The van der Waals surface area contributed by atoms with E-state index < -0.39 is 0 Å². The zero-order valence-electron chi connectivity index (χ0n) is 12.8. The van der Waals surface area contributed by atoms with E-state index >= 15 is 0 Å². The Bertz CT molecular complexity index is 753. The van der Waals surface area contributed by atoms with Gasteiger partial charge in [-0.3, -0.25) is 4.68 Å². The highest BCUT2D eigenvalue weighted by Gasteiger charge is 2.06. The molecule has 0 aliphatic heterocycles. The monoisotopic (exact) mass is 283 g/mol. The summed E-state index contributed by atoms with van der Waals surface area (Å²) in [5.41, 5.74) is 4.62. The summed E-state index contributed by atoms with van der Waals surface area (Å²) >= 11 is 0. The molecule has 0 atom stereocenters. The van der Waals surface area contributed by atoms with Crippen LogP contribution in [0, 0.1) is 13.8 Å². The van der Waals surface area contributed by atoms with Crippen molar-refractivity contribution in [3.63, 3.8) is 0 Å². The molecule has 0 radical (unpaired) electrons. The van der Waals surface area contributed by atoms with Crippen molar-refractivity contribution in [2.24, 2.45) is 7.05 Å². The molecule has 0 spiro atoms. The standard InChI is InChI=1S/C16H21N5/c1-12-14(11-20(3)19-12)10-17-8-9-21-13(2)18-15-6-4-5-7-16(15)21/h4-7,11,17H,8-10H2,1-3H3. The van der Waals surface area contributed by atoms with Crippen molar-refractivity contribution < 1.29 is 0 Å². The summed E-state index contributed by atoms with van der Waals surface area (Å²) in [6.45, 7) is 6.79. The first-order valence-corrected chi connectivity index (χ1v) is 7.27. The van der Waals surface area contributed by atoms with Gasteiger partial charge in [0.1, 0.15) is 5.82 Å². The fourth-order valence-electron chi connectivity index (χ4n) is 2.71. The lowest BCUT2D eigenvalue weighted by molar-refractivity contribution is 0.596. The van der Waals surface area contributed by atoms with Gasteiger partial charge in [-0.25, -0.2) is 4.98 Å². The first-order valence-electron chi connectivity index (χ1n) is 7.27. The molecule has 3 aromatic rings. The van der Waals surface area contributed by atoms with Gasteiger partial charge >= 0.3 is 0 Å². The Kier molecular flexibility index (Phi) is 3.75. The Balaban J connectivity index is 1.62. The maximum atomic E-state index is 4.59. The summed E-state index contributed by atoms with van der Waals surface area (Å²) in [4.78, 5) is 4.59. The van der Waals surface area contributed by atoms with Gasteiger partial charge in [0.05, 0.1) is 16.7 Å². The predicted octanol–water partition coefficient (Wildman–Crippen LogP) is 2.18. The average molecular weight is 283 g/mol. The van der Waals surface area contributed by atoms with E-state index in [1.807, 2.05) is 24.7 Å². The van der Waals surface area contributed by atoms with Gasteiger partial charge in [-0.2, -0.15) is 5.10 Å². The SMILES string of the molecule is Cc1nn(C)cc1CNCCn1c(C)nc2ccccc21. The van der Waals surface area contributed by atoms with Crippen molar-refractivity contribution in [2.75, 3.05) is 6.54 Å².